The Morgan fingerprint density at radius 2 is 0.491 bits per heavy atom. The van der Waals surface area contributed by atoms with Crippen molar-refractivity contribution in [2.75, 3.05) is 39.6 Å². The molecule has 0 aliphatic heterocycles. The van der Waals surface area contributed by atoms with Crippen molar-refractivity contribution >= 4 is 39.5 Å². The zero-order valence-corrected chi connectivity index (χ0v) is 68.6. The van der Waals surface area contributed by atoms with Crippen molar-refractivity contribution in [3.63, 3.8) is 0 Å². The summed E-state index contributed by atoms with van der Waals surface area (Å²) < 4.78 is 68.7. The van der Waals surface area contributed by atoms with Crippen molar-refractivity contribution in [2.24, 2.45) is 0 Å². The Labute approximate surface area is 644 Å². The van der Waals surface area contributed by atoms with E-state index in [1.54, 1.807) is 0 Å². The first kappa shape index (κ1) is 101. The molecule has 0 aliphatic rings. The number of aliphatic hydroxyl groups excluding tert-OH is 1. The van der Waals surface area contributed by atoms with Crippen LogP contribution < -0.4 is 0 Å². The lowest BCUT2D eigenvalue weighted by molar-refractivity contribution is -0.161. The summed E-state index contributed by atoms with van der Waals surface area (Å²) in [5, 5.41) is 10.7. The van der Waals surface area contributed by atoms with Gasteiger partial charge in [-0.1, -0.05) is 310 Å². The van der Waals surface area contributed by atoms with E-state index in [0.29, 0.717) is 25.7 Å². The Morgan fingerprint density at radius 3 is 0.783 bits per heavy atom. The van der Waals surface area contributed by atoms with Crippen LogP contribution in [0.15, 0.2) is 122 Å². The van der Waals surface area contributed by atoms with Crippen LogP contribution in [0.5, 0.6) is 0 Å². The Morgan fingerprint density at radius 1 is 0.274 bits per heavy atom. The topological polar surface area (TPSA) is 237 Å². The van der Waals surface area contributed by atoms with Crippen LogP contribution in [0.4, 0.5) is 0 Å². The summed E-state index contributed by atoms with van der Waals surface area (Å²) in [6.07, 6.45) is 87.3. The zero-order valence-electron chi connectivity index (χ0n) is 66.8. The highest BCUT2D eigenvalue weighted by molar-refractivity contribution is 7.47. The van der Waals surface area contributed by atoms with Crippen molar-refractivity contribution in [3.8, 4) is 0 Å². The largest absolute Gasteiger partial charge is 0.472 e. The number of phosphoric acid groups is 2. The third kappa shape index (κ3) is 77.6. The van der Waals surface area contributed by atoms with E-state index in [-0.39, 0.29) is 25.7 Å². The zero-order chi connectivity index (χ0) is 77.4. The predicted octanol–water partition coefficient (Wildman–Crippen LogP) is 24.7. The van der Waals surface area contributed by atoms with E-state index >= 15 is 0 Å². The molecule has 0 saturated heterocycles. The standard InChI is InChI=1S/C87H150O17P2/c1-5-9-13-17-21-25-29-33-37-39-40-42-45-48-52-56-60-64-68-72-85(90)98-78-83(104-87(92)74-70-66-62-58-54-50-46-41-38-34-30-26-22-18-14-10-6-2)80-102-106(95,96)100-76-81(88)75-99-105(93,94)101-79-82(103-86(91)73-69-65-61-57-53-49-44-36-32-28-24-20-16-12-8-4)77-97-84(89)71-67-63-59-55-51-47-43-35-31-27-23-19-15-11-7-3/h9-10,13-14,21-23,25-27,33-35,37-38,40,42-43,48,52,81-83,88H,5-8,11-12,15-20,24,28-32,36,39,41,44-47,49-51,53-80H2,1-4H3,(H,93,94)(H,95,96)/b13-9-,14-10-,25-21-,26-22-,27-23-,37-33-,38-34-,42-40-,43-35-,52-48-. The fourth-order valence-corrected chi connectivity index (χ4v) is 12.7. The molecule has 106 heavy (non-hydrogen) atoms. The molecule has 17 nitrogen and oxygen atoms in total. The Balaban J connectivity index is 5.41. The van der Waals surface area contributed by atoms with Crippen LogP contribution in [0.25, 0.3) is 0 Å². The quantitative estimate of drug-likeness (QED) is 0.0169. The van der Waals surface area contributed by atoms with Crippen LogP contribution in [0.3, 0.4) is 0 Å². The van der Waals surface area contributed by atoms with Gasteiger partial charge in [-0.3, -0.25) is 37.3 Å². The molecule has 3 N–H and O–H groups in total. The van der Waals surface area contributed by atoms with Crippen LogP contribution in [0.1, 0.15) is 349 Å². The van der Waals surface area contributed by atoms with Gasteiger partial charge in [0.25, 0.3) is 0 Å². The van der Waals surface area contributed by atoms with E-state index in [2.05, 4.69) is 149 Å². The Kier molecular flexibility index (Phi) is 75.2. The van der Waals surface area contributed by atoms with E-state index in [1.807, 2.05) is 0 Å². The lowest BCUT2D eigenvalue weighted by atomic mass is 10.0. The van der Waals surface area contributed by atoms with Gasteiger partial charge in [-0.05, 0) is 135 Å². The van der Waals surface area contributed by atoms with Crippen molar-refractivity contribution in [2.45, 2.75) is 367 Å². The predicted molar refractivity (Wildman–Crippen MR) is 436 cm³/mol. The number of rotatable bonds is 78. The van der Waals surface area contributed by atoms with E-state index in [9.17, 15) is 43.2 Å². The number of carbonyl (C=O) groups is 4. The molecule has 5 unspecified atom stereocenters. The highest BCUT2D eigenvalue weighted by Gasteiger charge is 2.30. The summed E-state index contributed by atoms with van der Waals surface area (Å²) in [6, 6.07) is 0. The van der Waals surface area contributed by atoms with Gasteiger partial charge in [0.2, 0.25) is 0 Å². The summed E-state index contributed by atoms with van der Waals surface area (Å²) in [4.78, 5) is 73.2. The molecule has 0 rings (SSSR count). The van der Waals surface area contributed by atoms with Crippen LogP contribution >= 0.6 is 15.6 Å². The SMILES string of the molecule is CC/C=C\C/C=C\C/C=C\C/C=C\C/C=C\CCCCCC(=O)OCC(COP(=O)(O)OCC(O)COP(=O)(O)OCC(COC(=O)CCCCCCC/C=C\C/C=C\CCCCC)OC(=O)CCCCCCCCCCCCCCCCC)OC(=O)CCCCCCCCC/C=C\C/C=C\C/C=C\CC. The molecule has 0 aliphatic carbocycles. The normalized spacial score (nSPS) is 14.4. The third-order valence-electron chi connectivity index (χ3n) is 17.4. The van der Waals surface area contributed by atoms with Gasteiger partial charge in [-0.15, -0.1) is 0 Å². The number of esters is 4. The van der Waals surface area contributed by atoms with Crippen molar-refractivity contribution in [3.05, 3.63) is 122 Å². The van der Waals surface area contributed by atoms with E-state index < -0.39 is 97.5 Å². The number of phosphoric ester groups is 2. The molecular formula is C87H150O17P2. The molecular weight excluding hydrogens is 1380 g/mol. The Hall–Kier alpha value is -4.54. The highest BCUT2D eigenvalue weighted by Crippen LogP contribution is 2.45. The minimum atomic E-state index is -4.99. The summed E-state index contributed by atoms with van der Waals surface area (Å²) in [7, 11) is -9.98. The lowest BCUT2D eigenvalue weighted by Gasteiger charge is -2.21. The molecule has 19 heteroatoms. The van der Waals surface area contributed by atoms with Gasteiger partial charge < -0.3 is 33.8 Å². The number of allylic oxidation sites excluding steroid dienone is 20. The van der Waals surface area contributed by atoms with Gasteiger partial charge in [-0.25, -0.2) is 9.13 Å². The molecule has 0 fully saturated rings. The molecule has 610 valence electrons. The molecule has 5 atom stereocenters. The van der Waals surface area contributed by atoms with Crippen LogP contribution in [0, 0.1) is 0 Å². The second kappa shape index (κ2) is 78.6. The van der Waals surface area contributed by atoms with E-state index in [0.717, 1.165) is 186 Å². The van der Waals surface area contributed by atoms with Crippen molar-refractivity contribution < 1.29 is 80.2 Å². The Bertz CT molecular complexity index is 2480. The fraction of sp³-hybridized carbons (Fsp3) is 0.724. The average molecular weight is 1530 g/mol. The van der Waals surface area contributed by atoms with Gasteiger partial charge in [0, 0.05) is 25.7 Å². The molecule has 0 amide bonds. The summed E-state index contributed by atoms with van der Waals surface area (Å²) in [5.74, 6) is -2.22. The van der Waals surface area contributed by atoms with E-state index in [4.69, 9.17) is 37.0 Å². The number of carbonyl (C=O) groups excluding carboxylic acids is 4. The first-order chi connectivity index (χ1) is 51.7. The highest BCUT2D eigenvalue weighted by atomic mass is 31.2. The second-order valence-electron chi connectivity index (χ2n) is 27.7. The summed E-state index contributed by atoms with van der Waals surface area (Å²) in [5.41, 5.74) is 0. The van der Waals surface area contributed by atoms with Gasteiger partial charge >= 0.3 is 39.5 Å². The smallest absolute Gasteiger partial charge is 0.462 e. The number of ether oxygens (including phenoxy) is 4. The van der Waals surface area contributed by atoms with Crippen LogP contribution in [-0.2, 0) is 65.4 Å². The maximum absolute atomic E-state index is 13.1. The first-order valence-electron chi connectivity index (χ1n) is 41.8. The van der Waals surface area contributed by atoms with Gasteiger partial charge in [-0.2, -0.15) is 0 Å². The maximum atomic E-state index is 13.1. The van der Waals surface area contributed by atoms with Crippen LogP contribution in [-0.4, -0.2) is 96.7 Å². The minimum absolute atomic E-state index is 0.0738. The molecule has 0 spiro atoms. The molecule has 0 heterocycles. The number of unbranched alkanes of at least 4 members (excludes halogenated alkanes) is 32. The number of hydrogen-bond donors (Lipinski definition) is 3. The van der Waals surface area contributed by atoms with Gasteiger partial charge in [0.15, 0.2) is 12.2 Å². The van der Waals surface area contributed by atoms with Gasteiger partial charge in [0.1, 0.15) is 19.3 Å². The van der Waals surface area contributed by atoms with Gasteiger partial charge in [0.05, 0.1) is 26.4 Å². The molecule has 0 radical (unpaired) electrons. The molecule has 0 aromatic carbocycles. The molecule has 0 saturated carbocycles. The summed E-state index contributed by atoms with van der Waals surface area (Å²) >= 11 is 0. The monoisotopic (exact) mass is 1530 g/mol. The first-order valence-corrected chi connectivity index (χ1v) is 44.8. The minimum Gasteiger partial charge on any atom is -0.462 e. The third-order valence-corrected chi connectivity index (χ3v) is 19.3. The molecule has 0 bridgehead atoms. The number of aliphatic hydroxyl groups is 1. The summed E-state index contributed by atoms with van der Waals surface area (Å²) in [6.45, 7) is 4.61. The fourth-order valence-electron chi connectivity index (χ4n) is 11.1. The lowest BCUT2D eigenvalue weighted by Crippen LogP contribution is -2.30. The van der Waals surface area contributed by atoms with Crippen molar-refractivity contribution in [1.82, 2.24) is 0 Å². The maximum Gasteiger partial charge on any atom is 0.472 e. The molecule has 0 aromatic heterocycles. The van der Waals surface area contributed by atoms with Crippen molar-refractivity contribution in [1.29, 1.82) is 0 Å². The molecule has 0 aromatic rings. The van der Waals surface area contributed by atoms with Crippen LogP contribution in [0.2, 0.25) is 0 Å². The second-order valence-corrected chi connectivity index (χ2v) is 30.6. The number of hydrogen-bond acceptors (Lipinski definition) is 15. The average Bonchev–Trinajstić information content (AvgIpc) is 0.902. The van der Waals surface area contributed by atoms with E-state index in [1.165, 1.54) is 83.5 Å².